The highest BCUT2D eigenvalue weighted by molar-refractivity contribution is 5.11. The Hall–Kier alpha value is -0.0400. The SMILES string of the molecule is C[C@@H](N)[C@@]12CCC[C@H]1[C@H]1CC[C@H]2C1. The van der Waals surface area contributed by atoms with Crippen molar-refractivity contribution >= 4 is 0 Å². The molecule has 1 heteroatoms. The zero-order valence-electron chi connectivity index (χ0n) is 8.63. The molecule has 0 aromatic carbocycles. The fraction of sp³-hybridized carbons (Fsp3) is 1.00. The van der Waals surface area contributed by atoms with Crippen LogP contribution in [0.3, 0.4) is 0 Å². The van der Waals surface area contributed by atoms with E-state index in [9.17, 15) is 0 Å². The summed E-state index contributed by atoms with van der Waals surface area (Å²) >= 11 is 0. The summed E-state index contributed by atoms with van der Waals surface area (Å²) in [6.07, 6.45) is 8.91. The highest BCUT2D eigenvalue weighted by atomic mass is 14.8. The van der Waals surface area contributed by atoms with Crippen molar-refractivity contribution in [1.29, 1.82) is 0 Å². The van der Waals surface area contributed by atoms with Crippen molar-refractivity contribution in [2.45, 2.75) is 51.5 Å². The second kappa shape index (κ2) is 2.50. The molecule has 5 atom stereocenters. The molecule has 0 unspecified atom stereocenters. The molecular formula is C12H21N. The van der Waals surface area contributed by atoms with Crippen molar-refractivity contribution in [1.82, 2.24) is 0 Å². The van der Waals surface area contributed by atoms with Crippen molar-refractivity contribution in [2.24, 2.45) is 28.9 Å². The molecule has 2 bridgehead atoms. The molecule has 0 radical (unpaired) electrons. The van der Waals surface area contributed by atoms with Crippen LogP contribution in [0.2, 0.25) is 0 Å². The van der Waals surface area contributed by atoms with Crippen LogP contribution in [0.1, 0.15) is 45.4 Å². The Labute approximate surface area is 81.1 Å². The molecule has 3 fully saturated rings. The van der Waals surface area contributed by atoms with Crippen LogP contribution in [0.4, 0.5) is 0 Å². The molecule has 0 aromatic rings. The van der Waals surface area contributed by atoms with Crippen LogP contribution in [0.15, 0.2) is 0 Å². The van der Waals surface area contributed by atoms with E-state index >= 15 is 0 Å². The molecule has 3 aliphatic carbocycles. The summed E-state index contributed by atoms with van der Waals surface area (Å²) in [7, 11) is 0. The summed E-state index contributed by atoms with van der Waals surface area (Å²) in [5, 5.41) is 0. The molecule has 13 heavy (non-hydrogen) atoms. The van der Waals surface area contributed by atoms with E-state index in [1.54, 1.807) is 0 Å². The third kappa shape index (κ3) is 0.823. The topological polar surface area (TPSA) is 26.0 Å². The van der Waals surface area contributed by atoms with Gasteiger partial charge in [-0.25, -0.2) is 0 Å². The molecule has 74 valence electrons. The predicted octanol–water partition coefficient (Wildman–Crippen LogP) is 2.55. The van der Waals surface area contributed by atoms with Crippen molar-refractivity contribution < 1.29 is 0 Å². The van der Waals surface area contributed by atoms with Gasteiger partial charge in [0, 0.05) is 6.04 Å². The van der Waals surface area contributed by atoms with Crippen LogP contribution >= 0.6 is 0 Å². The van der Waals surface area contributed by atoms with E-state index < -0.39 is 0 Å². The van der Waals surface area contributed by atoms with Gasteiger partial charge in [-0.3, -0.25) is 0 Å². The van der Waals surface area contributed by atoms with Crippen LogP contribution in [0.25, 0.3) is 0 Å². The molecule has 1 nitrogen and oxygen atoms in total. The van der Waals surface area contributed by atoms with Gasteiger partial charge in [0.1, 0.15) is 0 Å². The normalized spacial score (nSPS) is 55.4. The van der Waals surface area contributed by atoms with E-state index in [-0.39, 0.29) is 0 Å². The van der Waals surface area contributed by atoms with Gasteiger partial charge in [-0.2, -0.15) is 0 Å². The Morgan fingerprint density at radius 2 is 2.15 bits per heavy atom. The maximum absolute atomic E-state index is 6.26. The number of fused-ring (bicyclic) bond motifs is 5. The Kier molecular flexibility index (Phi) is 1.59. The van der Waals surface area contributed by atoms with E-state index in [4.69, 9.17) is 5.73 Å². The van der Waals surface area contributed by atoms with Gasteiger partial charge in [0.15, 0.2) is 0 Å². The standard InChI is InChI=1S/C12H21N/c1-8(13)12-6-2-3-11(12)9-4-5-10(12)7-9/h8-11H,2-7,13H2,1H3/t8-,9+,10+,11+,12-/m1/s1. The van der Waals surface area contributed by atoms with Gasteiger partial charge in [-0.15, -0.1) is 0 Å². The van der Waals surface area contributed by atoms with Crippen molar-refractivity contribution in [3.63, 3.8) is 0 Å². The minimum absolute atomic E-state index is 0.454. The van der Waals surface area contributed by atoms with Gasteiger partial charge in [-0.05, 0) is 62.2 Å². The molecule has 3 aliphatic rings. The second-order valence-electron chi connectivity index (χ2n) is 5.67. The lowest BCUT2D eigenvalue weighted by molar-refractivity contribution is 0.0839. The molecule has 0 spiro atoms. The summed E-state index contributed by atoms with van der Waals surface area (Å²) in [5.74, 6) is 3.09. The smallest absolute Gasteiger partial charge is 0.00724 e. The maximum atomic E-state index is 6.26. The summed E-state index contributed by atoms with van der Waals surface area (Å²) in [4.78, 5) is 0. The number of hydrogen-bond acceptors (Lipinski definition) is 1. The molecular weight excluding hydrogens is 158 g/mol. The third-order valence-corrected chi connectivity index (χ3v) is 5.47. The van der Waals surface area contributed by atoms with Crippen LogP contribution < -0.4 is 5.73 Å². The molecule has 0 saturated heterocycles. The molecule has 3 rings (SSSR count). The molecule has 0 aliphatic heterocycles. The Morgan fingerprint density at radius 3 is 2.85 bits per heavy atom. The van der Waals surface area contributed by atoms with E-state index in [0.29, 0.717) is 11.5 Å². The third-order valence-electron chi connectivity index (χ3n) is 5.47. The molecule has 0 aromatic heterocycles. The van der Waals surface area contributed by atoms with E-state index in [1.165, 1.54) is 38.5 Å². The van der Waals surface area contributed by atoms with Gasteiger partial charge in [0.25, 0.3) is 0 Å². The lowest BCUT2D eigenvalue weighted by atomic mass is 9.64. The first-order valence-corrected chi connectivity index (χ1v) is 6.00. The summed E-state index contributed by atoms with van der Waals surface area (Å²) in [6, 6.07) is 0.454. The average molecular weight is 179 g/mol. The zero-order valence-corrected chi connectivity index (χ0v) is 8.63. The highest BCUT2D eigenvalue weighted by Gasteiger charge is 2.60. The minimum Gasteiger partial charge on any atom is -0.327 e. The van der Waals surface area contributed by atoms with Crippen molar-refractivity contribution in [2.75, 3.05) is 0 Å². The summed E-state index contributed by atoms with van der Waals surface area (Å²) < 4.78 is 0. The molecule has 0 heterocycles. The maximum Gasteiger partial charge on any atom is 0.00724 e. The predicted molar refractivity (Wildman–Crippen MR) is 54.3 cm³/mol. The average Bonchev–Trinajstić information content (AvgIpc) is 2.76. The molecule has 0 amide bonds. The van der Waals surface area contributed by atoms with E-state index in [1.807, 2.05) is 0 Å². The number of hydrogen-bond donors (Lipinski definition) is 1. The fourth-order valence-electron chi connectivity index (χ4n) is 5.07. The van der Waals surface area contributed by atoms with Gasteiger partial charge in [0.05, 0.1) is 0 Å². The highest BCUT2D eigenvalue weighted by Crippen LogP contribution is 2.67. The van der Waals surface area contributed by atoms with Crippen LogP contribution in [0.5, 0.6) is 0 Å². The zero-order chi connectivity index (χ0) is 9.05. The fourth-order valence-corrected chi connectivity index (χ4v) is 5.07. The lowest BCUT2D eigenvalue weighted by Gasteiger charge is -2.43. The Bertz CT molecular complexity index is 223. The summed E-state index contributed by atoms with van der Waals surface area (Å²) in [6.45, 7) is 2.26. The Morgan fingerprint density at radius 1 is 1.31 bits per heavy atom. The van der Waals surface area contributed by atoms with Crippen LogP contribution in [0, 0.1) is 23.2 Å². The van der Waals surface area contributed by atoms with Crippen molar-refractivity contribution in [3.05, 3.63) is 0 Å². The van der Waals surface area contributed by atoms with E-state index in [0.717, 1.165) is 17.8 Å². The first kappa shape index (κ1) is 8.28. The van der Waals surface area contributed by atoms with Gasteiger partial charge in [-0.1, -0.05) is 6.42 Å². The van der Waals surface area contributed by atoms with Gasteiger partial charge >= 0.3 is 0 Å². The summed E-state index contributed by atoms with van der Waals surface area (Å²) in [5.41, 5.74) is 6.86. The van der Waals surface area contributed by atoms with E-state index in [2.05, 4.69) is 6.92 Å². The number of rotatable bonds is 1. The largest absolute Gasteiger partial charge is 0.327 e. The first-order valence-electron chi connectivity index (χ1n) is 6.00. The Balaban J connectivity index is 1.99. The van der Waals surface area contributed by atoms with Crippen LogP contribution in [-0.2, 0) is 0 Å². The van der Waals surface area contributed by atoms with Gasteiger partial charge < -0.3 is 5.73 Å². The molecule has 2 N–H and O–H groups in total. The van der Waals surface area contributed by atoms with Gasteiger partial charge in [0.2, 0.25) is 0 Å². The van der Waals surface area contributed by atoms with Crippen LogP contribution in [-0.4, -0.2) is 6.04 Å². The minimum atomic E-state index is 0.454. The first-order chi connectivity index (χ1) is 6.25. The second-order valence-corrected chi connectivity index (χ2v) is 5.67. The monoisotopic (exact) mass is 179 g/mol. The quantitative estimate of drug-likeness (QED) is 0.657. The van der Waals surface area contributed by atoms with Crippen molar-refractivity contribution in [3.8, 4) is 0 Å². The molecule has 3 saturated carbocycles. The lowest BCUT2D eigenvalue weighted by Crippen LogP contribution is -2.46. The number of nitrogens with two attached hydrogens (primary N) is 1.